The number of phenolic OH excluding ortho intramolecular Hbond substituents is 1. The zero-order valence-electron chi connectivity index (χ0n) is 10.9. The molecule has 1 aromatic heterocycles. The van der Waals surface area contributed by atoms with E-state index in [-0.39, 0.29) is 22.5 Å². The molecule has 0 aliphatic carbocycles. The first-order valence-electron chi connectivity index (χ1n) is 6.25. The van der Waals surface area contributed by atoms with Gasteiger partial charge in [-0.05, 0) is 41.3 Å². The van der Waals surface area contributed by atoms with E-state index in [2.05, 4.69) is 9.97 Å². The standard InChI is InChI=1S/C13H12ClN3O3S/c14-13-15-6-12(7-16-13)21(19,20)17-4-3-9-1-2-11(18)5-10(9)8-17/h1-2,5-7,18H,3-4,8H2. The third kappa shape index (κ3) is 2.72. The molecule has 0 radical (unpaired) electrons. The van der Waals surface area contributed by atoms with Gasteiger partial charge in [-0.1, -0.05) is 6.07 Å². The maximum absolute atomic E-state index is 12.5. The quantitative estimate of drug-likeness (QED) is 0.848. The minimum absolute atomic E-state index is 0.00265. The number of aromatic hydroxyl groups is 1. The Morgan fingerprint density at radius 1 is 1.19 bits per heavy atom. The minimum Gasteiger partial charge on any atom is -0.508 e. The number of benzene rings is 1. The molecule has 0 saturated carbocycles. The predicted molar refractivity (Wildman–Crippen MR) is 76.4 cm³/mol. The molecule has 3 rings (SSSR count). The number of hydrogen-bond donors (Lipinski definition) is 1. The molecule has 6 nitrogen and oxygen atoms in total. The van der Waals surface area contributed by atoms with Gasteiger partial charge < -0.3 is 5.11 Å². The maximum atomic E-state index is 12.5. The highest BCUT2D eigenvalue weighted by atomic mass is 35.5. The lowest BCUT2D eigenvalue weighted by Gasteiger charge is -2.27. The second-order valence-corrected chi connectivity index (χ2v) is 7.01. The molecule has 2 aromatic rings. The first-order valence-corrected chi connectivity index (χ1v) is 8.07. The van der Waals surface area contributed by atoms with Crippen molar-refractivity contribution in [2.75, 3.05) is 6.54 Å². The summed E-state index contributed by atoms with van der Waals surface area (Å²) in [6.45, 7) is 0.595. The first kappa shape index (κ1) is 14.2. The van der Waals surface area contributed by atoms with E-state index < -0.39 is 10.0 Å². The van der Waals surface area contributed by atoms with Gasteiger partial charge in [0.1, 0.15) is 10.6 Å². The van der Waals surface area contributed by atoms with Crippen molar-refractivity contribution in [1.29, 1.82) is 0 Å². The van der Waals surface area contributed by atoms with Crippen molar-refractivity contribution in [3.8, 4) is 5.75 Å². The van der Waals surface area contributed by atoms with Crippen LogP contribution in [0.5, 0.6) is 5.75 Å². The molecule has 110 valence electrons. The van der Waals surface area contributed by atoms with Gasteiger partial charge >= 0.3 is 0 Å². The number of aromatic nitrogens is 2. The molecule has 1 aliphatic heterocycles. The van der Waals surface area contributed by atoms with Crippen LogP contribution in [0.2, 0.25) is 5.28 Å². The number of fused-ring (bicyclic) bond motifs is 1. The van der Waals surface area contributed by atoms with Crippen LogP contribution >= 0.6 is 11.6 Å². The number of halogens is 1. The van der Waals surface area contributed by atoms with Crippen LogP contribution in [-0.2, 0) is 23.0 Å². The van der Waals surface area contributed by atoms with Crippen molar-refractivity contribution in [3.05, 3.63) is 47.0 Å². The fourth-order valence-corrected chi connectivity index (χ4v) is 3.71. The molecule has 0 atom stereocenters. The van der Waals surface area contributed by atoms with E-state index in [1.54, 1.807) is 12.1 Å². The molecule has 0 spiro atoms. The lowest BCUT2D eigenvalue weighted by Crippen LogP contribution is -2.36. The van der Waals surface area contributed by atoms with E-state index in [9.17, 15) is 13.5 Å². The van der Waals surface area contributed by atoms with E-state index in [0.717, 1.165) is 11.1 Å². The molecule has 0 fully saturated rings. The summed E-state index contributed by atoms with van der Waals surface area (Å²) in [5.74, 6) is 0.128. The highest BCUT2D eigenvalue weighted by Gasteiger charge is 2.29. The van der Waals surface area contributed by atoms with Crippen LogP contribution in [0.4, 0.5) is 0 Å². The van der Waals surface area contributed by atoms with Gasteiger partial charge in [0, 0.05) is 13.1 Å². The van der Waals surface area contributed by atoms with Gasteiger partial charge in [0.25, 0.3) is 0 Å². The number of phenols is 1. The number of sulfonamides is 1. The Kier molecular flexibility index (Phi) is 3.56. The lowest BCUT2D eigenvalue weighted by molar-refractivity contribution is 0.388. The molecule has 1 aliphatic rings. The van der Waals surface area contributed by atoms with Crippen molar-refractivity contribution in [2.45, 2.75) is 17.9 Å². The topological polar surface area (TPSA) is 83.4 Å². The molecular weight excluding hydrogens is 314 g/mol. The Hall–Kier alpha value is -1.70. The van der Waals surface area contributed by atoms with Gasteiger partial charge in [0.15, 0.2) is 0 Å². The number of nitrogens with zero attached hydrogens (tertiary/aromatic N) is 3. The third-order valence-corrected chi connectivity index (χ3v) is 5.39. The van der Waals surface area contributed by atoms with Gasteiger partial charge in [0.2, 0.25) is 15.3 Å². The van der Waals surface area contributed by atoms with Gasteiger partial charge in [-0.25, -0.2) is 18.4 Å². The molecule has 0 saturated heterocycles. The van der Waals surface area contributed by atoms with E-state index >= 15 is 0 Å². The summed E-state index contributed by atoms with van der Waals surface area (Å²) in [6.07, 6.45) is 2.99. The second kappa shape index (κ2) is 5.25. The van der Waals surface area contributed by atoms with Gasteiger partial charge in [-0.3, -0.25) is 0 Å². The lowest BCUT2D eigenvalue weighted by atomic mass is 10.0. The van der Waals surface area contributed by atoms with E-state index in [0.29, 0.717) is 13.0 Å². The summed E-state index contributed by atoms with van der Waals surface area (Å²) in [5.41, 5.74) is 1.85. The fourth-order valence-electron chi connectivity index (χ4n) is 2.31. The summed E-state index contributed by atoms with van der Waals surface area (Å²) in [5, 5.41) is 9.52. The Bertz CT molecular complexity index is 778. The number of hydrogen-bond acceptors (Lipinski definition) is 5. The van der Waals surface area contributed by atoms with Crippen LogP contribution < -0.4 is 0 Å². The second-order valence-electron chi connectivity index (χ2n) is 4.73. The van der Waals surface area contributed by atoms with Crippen molar-refractivity contribution < 1.29 is 13.5 Å². The summed E-state index contributed by atoms with van der Waals surface area (Å²) in [6, 6.07) is 5.02. The van der Waals surface area contributed by atoms with E-state index in [4.69, 9.17) is 11.6 Å². The molecule has 8 heteroatoms. The van der Waals surface area contributed by atoms with Crippen molar-refractivity contribution >= 4 is 21.6 Å². The van der Waals surface area contributed by atoms with Gasteiger partial charge in [-0.2, -0.15) is 4.31 Å². The normalized spacial score (nSPS) is 15.7. The molecular formula is C13H12ClN3O3S. The monoisotopic (exact) mass is 325 g/mol. The van der Waals surface area contributed by atoms with E-state index in [1.807, 2.05) is 6.07 Å². The average molecular weight is 326 g/mol. The molecule has 0 bridgehead atoms. The summed E-state index contributed by atoms with van der Waals surface area (Å²) in [7, 11) is -3.67. The predicted octanol–water partition coefficient (Wildman–Crippen LogP) is 1.58. The maximum Gasteiger partial charge on any atom is 0.246 e. The van der Waals surface area contributed by atoms with Crippen LogP contribution in [0.3, 0.4) is 0 Å². The van der Waals surface area contributed by atoms with Crippen LogP contribution in [0.15, 0.2) is 35.5 Å². The summed E-state index contributed by atoms with van der Waals surface area (Å²) in [4.78, 5) is 7.42. The Morgan fingerprint density at radius 3 is 2.62 bits per heavy atom. The summed E-state index contributed by atoms with van der Waals surface area (Å²) >= 11 is 5.57. The number of rotatable bonds is 2. The van der Waals surface area contributed by atoms with Crippen LogP contribution in [0, 0.1) is 0 Å². The molecule has 0 amide bonds. The Morgan fingerprint density at radius 2 is 1.90 bits per heavy atom. The SMILES string of the molecule is O=S(=O)(c1cnc(Cl)nc1)N1CCc2ccc(O)cc2C1. The highest BCUT2D eigenvalue weighted by molar-refractivity contribution is 7.89. The van der Waals surface area contributed by atoms with Crippen molar-refractivity contribution in [3.63, 3.8) is 0 Å². The van der Waals surface area contributed by atoms with E-state index in [1.165, 1.54) is 16.7 Å². The van der Waals surface area contributed by atoms with Gasteiger partial charge in [0.05, 0.1) is 12.4 Å². The molecule has 21 heavy (non-hydrogen) atoms. The average Bonchev–Trinajstić information content (AvgIpc) is 2.47. The molecule has 1 aromatic carbocycles. The molecule has 1 N–H and O–H groups in total. The highest BCUT2D eigenvalue weighted by Crippen LogP contribution is 2.27. The van der Waals surface area contributed by atoms with Crippen LogP contribution in [0.25, 0.3) is 0 Å². The molecule has 0 unspecified atom stereocenters. The smallest absolute Gasteiger partial charge is 0.246 e. The molecule has 2 heterocycles. The zero-order chi connectivity index (χ0) is 15.0. The van der Waals surface area contributed by atoms with Gasteiger partial charge in [-0.15, -0.1) is 0 Å². The van der Waals surface area contributed by atoms with Crippen molar-refractivity contribution in [1.82, 2.24) is 14.3 Å². The fraction of sp³-hybridized carbons (Fsp3) is 0.231. The van der Waals surface area contributed by atoms with Crippen LogP contribution in [-0.4, -0.2) is 34.3 Å². The first-order chi connectivity index (χ1) is 9.96. The largest absolute Gasteiger partial charge is 0.508 e. The minimum atomic E-state index is -3.67. The van der Waals surface area contributed by atoms with Crippen molar-refractivity contribution in [2.24, 2.45) is 0 Å². The summed E-state index contributed by atoms with van der Waals surface area (Å²) < 4.78 is 26.4. The Labute approximate surface area is 127 Å². The Balaban J connectivity index is 1.93. The zero-order valence-corrected chi connectivity index (χ0v) is 12.5. The third-order valence-electron chi connectivity index (χ3n) is 3.40. The van der Waals surface area contributed by atoms with Crippen LogP contribution in [0.1, 0.15) is 11.1 Å².